The molecule has 2 fully saturated rings. The highest BCUT2D eigenvalue weighted by molar-refractivity contribution is 5.85. The molecule has 1 amide bonds. The van der Waals surface area contributed by atoms with E-state index in [-0.39, 0.29) is 11.8 Å². The van der Waals surface area contributed by atoms with Crippen LogP contribution in [0.25, 0.3) is 10.8 Å². The first kappa shape index (κ1) is 23.1. The van der Waals surface area contributed by atoms with Gasteiger partial charge in [0.2, 0.25) is 5.91 Å². The largest absolute Gasteiger partial charge is 0.352 e. The van der Waals surface area contributed by atoms with Crippen LogP contribution in [0.5, 0.6) is 0 Å². The van der Waals surface area contributed by atoms with E-state index in [0.717, 1.165) is 39.0 Å². The van der Waals surface area contributed by atoms with Crippen LogP contribution in [0.2, 0.25) is 0 Å². The number of rotatable bonds is 7. The first-order chi connectivity index (χ1) is 16.7. The molecule has 4 nitrogen and oxygen atoms in total. The molecule has 178 valence electrons. The van der Waals surface area contributed by atoms with Crippen molar-refractivity contribution in [1.82, 2.24) is 15.1 Å². The van der Waals surface area contributed by atoms with Gasteiger partial charge in [0.1, 0.15) is 0 Å². The van der Waals surface area contributed by atoms with Gasteiger partial charge in [-0.1, -0.05) is 73.2 Å². The van der Waals surface area contributed by atoms with Crippen molar-refractivity contribution in [2.75, 3.05) is 26.2 Å². The van der Waals surface area contributed by atoms with E-state index in [9.17, 15) is 4.79 Å². The average molecular weight is 456 g/mol. The molecule has 1 N–H and O–H groups in total. The maximum absolute atomic E-state index is 13.0. The van der Waals surface area contributed by atoms with E-state index in [4.69, 9.17) is 0 Å². The Bertz CT molecular complexity index is 1080. The molecule has 0 radical (unpaired) electrons. The van der Waals surface area contributed by atoms with Gasteiger partial charge in [0.15, 0.2) is 0 Å². The number of hydrogen-bond acceptors (Lipinski definition) is 3. The molecule has 3 aromatic carbocycles. The fourth-order valence-corrected chi connectivity index (χ4v) is 5.56. The lowest BCUT2D eigenvalue weighted by Crippen LogP contribution is -2.42. The van der Waals surface area contributed by atoms with Crippen molar-refractivity contribution in [1.29, 1.82) is 0 Å². The summed E-state index contributed by atoms with van der Waals surface area (Å²) < 4.78 is 0. The Morgan fingerprint density at radius 3 is 2.35 bits per heavy atom. The number of piperidine rings is 2. The second-order valence-corrected chi connectivity index (χ2v) is 10.1. The van der Waals surface area contributed by atoms with Gasteiger partial charge in [-0.2, -0.15) is 0 Å². The molecule has 2 saturated heterocycles. The Hall–Kier alpha value is -2.69. The quantitative estimate of drug-likeness (QED) is 0.521. The fourth-order valence-electron chi connectivity index (χ4n) is 5.56. The van der Waals surface area contributed by atoms with Crippen molar-refractivity contribution < 1.29 is 4.79 Å². The predicted octanol–water partition coefficient (Wildman–Crippen LogP) is 5.35. The van der Waals surface area contributed by atoms with Crippen molar-refractivity contribution in [2.24, 2.45) is 5.92 Å². The topological polar surface area (TPSA) is 35.6 Å². The molecular formula is C30H37N3O. The lowest BCUT2D eigenvalue weighted by Gasteiger charge is -2.32. The third-order valence-corrected chi connectivity index (χ3v) is 7.49. The minimum atomic E-state index is 0.0714. The molecule has 34 heavy (non-hydrogen) atoms. The van der Waals surface area contributed by atoms with Gasteiger partial charge in [-0.25, -0.2) is 0 Å². The monoisotopic (exact) mass is 455 g/mol. The second kappa shape index (κ2) is 11.2. The molecule has 0 saturated carbocycles. The molecule has 3 aromatic rings. The summed E-state index contributed by atoms with van der Waals surface area (Å²) in [7, 11) is 0. The summed E-state index contributed by atoms with van der Waals surface area (Å²) in [4.78, 5) is 18.0. The van der Waals surface area contributed by atoms with E-state index in [0.29, 0.717) is 6.54 Å². The highest BCUT2D eigenvalue weighted by Crippen LogP contribution is 2.23. The number of fused-ring (bicyclic) bond motifs is 1. The van der Waals surface area contributed by atoms with Gasteiger partial charge >= 0.3 is 0 Å². The number of nitrogens with one attached hydrogen (secondary N) is 1. The molecule has 1 atom stereocenters. The molecule has 5 rings (SSSR count). The minimum absolute atomic E-state index is 0.0714. The normalized spacial score (nSPS) is 19.8. The van der Waals surface area contributed by atoms with E-state index in [2.05, 4.69) is 81.8 Å². The van der Waals surface area contributed by atoms with Crippen LogP contribution in [0.1, 0.15) is 48.8 Å². The number of likely N-dealkylation sites (tertiary alicyclic amines) is 2. The molecule has 0 bridgehead atoms. The lowest BCUT2D eigenvalue weighted by molar-refractivity contribution is -0.126. The van der Waals surface area contributed by atoms with Crippen LogP contribution < -0.4 is 5.32 Å². The van der Waals surface area contributed by atoms with E-state index in [1.807, 2.05) is 0 Å². The molecule has 2 heterocycles. The molecular weight excluding hydrogens is 418 g/mol. The maximum atomic E-state index is 13.0. The molecule has 0 aliphatic carbocycles. The van der Waals surface area contributed by atoms with E-state index >= 15 is 0 Å². The molecule has 2 aliphatic heterocycles. The van der Waals surface area contributed by atoms with Crippen LogP contribution >= 0.6 is 0 Å². The first-order valence-electron chi connectivity index (χ1n) is 13.0. The van der Waals surface area contributed by atoms with Crippen LogP contribution in [-0.2, 0) is 24.4 Å². The molecule has 4 heteroatoms. The summed E-state index contributed by atoms with van der Waals surface area (Å²) in [6.07, 6.45) is 6.08. The van der Waals surface area contributed by atoms with Crippen molar-refractivity contribution in [3.63, 3.8) is 0 Å². The molecule has 2 aliphatic rings. The zero-order chi connectivity index (χ0) is 23.2. The third kappa shape index (κ3) is 5.86. The number of carbonyl (C=O) groups excluding carboxylic acids is 1. The highest BCUT2D eigenvalue weighted by atomic mass is 16.1. The number of hydrogen-bond donors (Lipinski definition) is 1. The second-order valence-electron chi connectivity index (χ2n) is 10.1. The molecule has 1 unspecified atom stereocenters. The van der Waals surface area contributed by atoms with Gasteiger partial charge in [-0.05, 0) is 72.8 Å². The number of benzene rings is 3. The van der Waals surface area contributed by atoms with Gasteiger partial charge in [-0.15, -0.1) is 0 Å². The van der Waals surface area contributed by atoms with E-state index in [1.165, 1.54) is 59.8 Å². The van der Waals surface area contributed by atoms with Gasteiger partial charge in [-0.3, -0.25) is 14.6 Å². The predicted molar refractivity (Wildman–Crippen MR) is 139 cm³/mol. The van der Waals surface area contributed by atoms with Crippen molar-refractivity contribution in [3.8, 4) is 0 Å². The van der Waals surface area contributed by atoms with Gasteiger partial charge in [0, 0.05) is 26.2 Å². The summed E-state index contributed by atoms with van der Waals surface area (Å²) in [5.74, 6) is 0.266. The van der Waals surface area contributed by atoms with Crippen LogP contribution in [-0.4, -0.2) is 41.9 Å². The number of carbonyl (C=O) groups is 1. The Morgan fingerprint density at radius 1 is 0.765 bits per heavy atom. The Kier molecular flexibility index (Phi) is 7.57. The summed E-state index contributed by atoms with van der Waals surface area (Å²) in [5.41, 5.74) is 3.90. The Balaban J connectivity index is 1.12. The number of nitrogens with zero attached hydrogens (tertiary/aromatic N) is 2. The first-order valence-corrected chi connectivity index (χ1v) is 13.0. The zero-order valence-corrected chi connectivity index (χ0v) is 20.2. The van der Waals surface area contributed by atoms with Crippen molar-refractivity contribution in [3.05, 3.63) is 83.4 Å². The maximum Gasteiger partial charge on any atom is 0.224 e. The zero-order valence-electron chi connectivity index (χ0n) is 20.2. The highest BCUT2D eigenvalue weighted by Gasteiger charge is 2.26. The van der Waals surface area contributed by atoms with Crippen LogP contribution in [0.3, 0.4) is 0 Å². The summed E-state index contributed by atoms with van der Waals surface area (Å²) in [6.45, 7) is 6.90. The van der Waals surface area contributed by atoms with Crippen molar-refractivity contribution in [2.45, 2.75) is 51.7 Å². The number of amides is 1. The van der Waals surface area contributed by atoms with Crippen molar-refractivity contribution >= 4 is 16.7 Å². The summed E-state index contributed by atoms with van der Waals surface area (Å²) >= 11 is 0. The van der Waals surface area contributed by atoms with Crippen LogP contribution in [0, 0.1) is 5.92 Å². The lowest BCUT2D eigenvalue weighted by atomic mass is 9.96. The van der Waals surface area contributed by atoms with E-state index < -0.39 is 0 Å². The Labute approximate surface area is 203 Å². The summed E-state index contributed by atoms with van der Waals surface area (Å²) in [5, 5.41) is 5.81. The van der Waals surface area contributed by atoms with Crippen LogP contribution in [0.4, 0.5) is 0 Å². The minimum Gasteiger partial charge on any atom is -0.352 e. The SMILES string of the molecule is O=C(NCc1ccc(CN2CCCCC2)cc1)C1CCCN(Cc2cccc3ccccc23)C1. The average Bonchev–Trinajstić information content (AvgIpc) is 2.89. The van der Waals surface area contributed by atoms with Crippen LogP contribution in [0.15, 0.2) is 66.7 Å². The Morgan fingerprint density at radius 2 is 1.50 bits per heavy atom. The molecule has 0 spiro atoms. The fraction of sp³-hybridized carbons (Fsp3) is 0.433. The third-order valence-electron chi connectivity index (χ3n) is 7.49. The smallest absolute Gasteiger partial charge is 0.224 e. The van der Waals surface area contributed by atoms with Gasteiger partial charge in [0.25, 0.3) is 0 Å². The molecule has 0 aromatic heterocycles. The van der Waals surface area contributed by atoms with E-state index in [1.54, 1.807) is 0 Å². The van der Waals surface area contributed by atoms with Gasteiger partial charge in [0.05, 0.1) is 5.92 Å². The summed E-state index contributed by atoms with van der Waals surface area (Å²) in [6, 6.07) is 23.9. The van der Waals surface area contributed by atoms with Gasteiger partial charge < -0.3 is 5.32 Å². The standard InChI is InChI=1S/C30H37N3O/c34-30(31-20-24-13-15-25(16-14-24)21-32-17-4-1-5-18-32)28-11-7-19-33(23-28)22-27-10-6-9-26-8-2-3-12-29(26)27/h2-3,6,8-10,12-16,28H,1,4-5,7,11,17-23H2,(H,31,34).